The van der Waals surface area contributed by atoms with Gasteiger partial charge in [-0.3, -0.25) is 14.4 Å². The minimum atomic E-state index is -0.182. The lowest BCUT2D eigenvalue weighted by atomic mass is 9.93. The number of amides is 2. The van der Waals surface area contributed by atoms with Gasteiger partial charge in [0.05, 0.1) is 0 Å². The predicted octanol–water partition coefficient (Wildman–Crippen LogP) is 2.43. The Morgan fingerprint density at radius 2 is 2.15 bits per heavy atom. The Morgan fingerprint density at radius 1 is 1.30 bits per heavy atom. The van der Waals surface area contributed by atoms with Crippen molar-refractivity contribution in [3.8, 4) is 0 Å². The average Bonchev–Trinajstić information content (AvgIpc) is 3.26. The third-order valence-corrected chi connectivity index (χ3v) is 5.70. The highest BCUT2D eigenvalue weighted by molar-refractivity contribution is 6.03. The Balaban J connectivity index is 1.55. The number of aromatic nitrogens is 1. The van der Waals surface area contributed by atoms with E-state index in [0.717, 1.165) is 30.2 Å². The molecule has 1 aliphatic heterocycles. The molecular weight excluding hydrogens is 342 g/mol. The molecule has 2 N–H and O–H groups in total. The highest BCUT2D eigenvalue weighted by atomic mass is 16.2. The van der Waals surface area contributed by atoms with Crippen molar-refractivity contribution in [2.75, 3.05) is 6.54 Å². The summed E-state index contributed by atoms with van der Waals surface area (Å²) in [6.07, 6.45) is 4.55. The fraction of sp³-hybridized carbons (Fsp3) is 0.381. The molecule has 6 nitrogen and oxygen atoms in total. The van der Waals surface area contributed by atoms with E-state index < -0.39 is 0 Å². The maximum Gasteiger partial charge on any atom is 0.268 e. The largest absolute Gasteiger partial charge is 0.350 e. The van der Waals surface area contributed by atoms with Crippen molar-refractivity contribution in [2.45, 2.75) is 38.3 Å². The van der Waals surface area contributed by atoms with Crippen molar-refractivity contribution in [1.82, 2.24) is 15.2 Å². The second-order valence-electron chi connectivity index (χ2n) is 7.35. The zero-order valence-corrected chi connectivity index (χ0v) is 15.2. The number of nitrogens with one attached hydrogen (secondary N) is 2. The first kappa shape index (κ1) is 17.5. The van der Waals surface area contributed by atoms with Gasteiger partial charge in [-0.25, -0.2) is 0 Å². The minimum Gasteiger partial charge on any atom is -0.350 e. The van der Waals surface area contributed by atoms with E-state index in [0.29, 0.717) is 30.8 Å². The number of ketones is 1. The van der Waals surface area contributed by atoms with E-state index in [2.05, 4.69) is 17.2 Å². The Labute approximate surface area is 157 Å². The van der Waals surface area contributed by atoms with Gasteiger partial charge in [0.2, 0.25) is 5.91 Å². The molecule has 2 heterocycles. The lowest BCUT2D eigenvalue weighted by Gasteiger charge is -2.20. The van der Waals surface area contributed by atoms with E-state index in [1.165, 1.54) is 6.08 Å². The van der Waals surface area contributed by atoms with Crippen LogP contribution in [0, 0.1) is 5.92 Å². The summed E-state index contributed by atoms with van der Waals surface area (Å²) in [6.45, 7) is 4.80. The van der Waals surface area contributed by atoms with Crippen molar-refractivity contribution in [1.29, 1.82) is 0 Å². The zero-order valence-electron chi connectivity index (χ0n) is 15.2. The van der Waals surface area contributed by atoms with E-state index in [-0.39, 0.29) is 29.6 Å². The molecular formula is C21H23N3O3. The summed E-state index contributed by atoms with van der Waals surface area (Å²) in [4.78, 5) is 36.5. The third-order valence-electron chi connectivity index (χ3n) is 5.70. The Morgan fingerprint density at radius 3 is 2.96 bits per heavy atom. The number of benzene rings is 1. The van der Waals surface area contributed by atoms with E-state index in [1.54, 1.807) is 0 Å². The van der Waals surface area contributed by atoms with Crippen LogP contribution in [-0.4, -0.2) is 34.8 Å². The molecule has 2 amide bonds. The van der Waals surface area contributed by atoms with Gasteiger partial charge >= 0.3 is 0 Å². The molecule has 140 valence electrons. The quantitative estimate of drug-likeness (QED) is 0.631. The van der Waals surface area contributed by atoms with E-state index in [4.69, 9.17) is 0 Å². The number of Topliss-reactive ketones (excluding diaryl/α,β-unsaturated/α-hetero) is 1. The van der Waals surface area contributed by atoms with Crippen LogP contribution in [0.5, 0.6) is 0 Å². The average molecular weight is 365 g/mol. The van der Waals surface area contributed by atoms with Crippen LogP contribution < -0.4 is 10.6 Å². The number of hydrogen-bond acceptors (Lipinski definition) is 3. The number of fused-ring (bicyclic) bond motifs is 3. The van der Waals surface area contributed by atoms with Crippen LogP contribution in [0.2, 0.25) is 0 Å². The van der Waals surface area contributed by atoms with E-state index >= 15 is 0 Å². The molecule has 2 unspecified atom stereocenters. The predicted molar refractivity (Wildman–Crippen MR) is 103 cm³/mol. The van der Waals surface area contributed by atoms with Gasteiger partial charge in [0.25, 0.3) is 5.91 Å². The van der Waals surface area contributed by atoms with Gasteiger partial charge in [-0.15, -0.1) is 0 Å². The summed E-state index contributed by atoms with van der Waals surface area (Å²) in [6, 6.07) is 7.54. The molecule has 1 aromatic heterocycles. The first-order valence-electron chi connectivity index (χ1n) is 9.44. The highest BCUT2D eigenvalue weighted by Gasteiger charge is 2.30. The van der Waals surface area contributed by atoms with Crippen LogP contribution in [0.4, 0.5) is 0 Å². The molecule has 1 aliphatic carbocycles. The molecule has 1 fully saturated rings. The molecule has 1 aromatic carbocycles. The fourth-order valence-electron chi connectivity index (χ4n) is 4.30. The molecule has 0 saturated heterocycles. The molecule has 27 heavy (non-hydrogen) atoms. The summed E-state index contributed by atoms with van der Waals surface area (Å²) >= 11 is 0. The Bertz CT molecular complexity index is 944. The summed E-state index contributed by atoms with van der Waals surface area (Å²) in [5, 5.41) is 6.76. The van der Waals surface area contributed by atoms with Crippen LogP contribution in [0.25, 0.3) is 10.9 Å². The normalized spacial score (nSPS) is 21.6. The summed E-state index contributed by atoms with van der Waals surface area (Å²) in [5.74, 6) is -0.0162. The Hall–Kier alpha value is -2.89. The maximum absolute atomic E-state index is 12.9. The van der Waals surface area contributed by atoms with Crippen molar-refractivity contribution in [3.63, 3.8) is 0 Å². The standard InChI is InChI=1S/C21H23N3O3/c1-2-20(26)23-16-5-3-4-13(16)12-19(25)15-7-6-14-10-18-21(27)22-8-9-24(18)17(14)11-15/h2,6-7,10-11,13,16H,1,3-5,8-9,12H2,(H,22,27)(H,23,26). The topological polar surface area (TPSA) is 80.2 Å². The zero-order chi connectivity index (χ0) is 19.0. The van der Waals surface area contributed by atoms with Gasteiger partial charge in [0, 0.05) is 42.0 Å². The van der Waals surface area contributed by atoms with Crippen LogP contribution >= 0.6 is 0 Å². The van der Waals surface area contributed by atoms with Gasteiger partial charge in [-0.05, 0) is 37.0 Å². The number of carbonyl (C=O) groups is 3. The van der Waals surface area contributed by atoms with Gasteiger partial charge < -0.3 is 15.2 Å². The van der Waals surface area contributed by atoms with Gasteiger partial charge in [0.1, 0.15) is 5.69 Å². The highest BCUT2D eigenvalue weighted by Crippen LogP contribution is 2.30. The molecule has 0 bridgehead atoms. The number of carbonyl (C=O) groups excluding carboxylic acids is 3. The van der Waals surface area contributed by atoms with Gasteiger partial charge in [0.15, 0.2) is 5.78 Å². The molecule has 0 spiro atoms. The molecule has 1 saturated carbocycles. The number of hydrogen-bond donors (Lipinski definition) is 2. The fourth-order valence-corrected chi connectivity index (χ4v) is 4.30. The second kappa shape index (κ2) is 7.02. The summed E-state index contributed by atoms with van der Waals surface area (Å²) in [5.41, 5.74) is 2.23. The van der Waals surface area contributed by atoms with Crippen molar-refractivity contribution in [3.05, 3.63) is 48.2 Å². The van der Waals surface area contributed by atoms with Gasteiger partial charge in [-0.1, -0.05) is 25.1 Å². The third kappa shape index (κ3) is 3.27. The van der Waals surface area contributed by atoms with E-state index in [1.807, 2.05) is 28.8 Å². The second-order valence-corrected chi connectivity index (χ2v) is 7.35. The maximum atomic E-state index is 12.9. The summed E-state index contributed by atoms with van der Waals surface area (Å²) < 4.78 is 1.98. The molecule has 2 aliphatic rings. The monoisotopic (exact) mass is 365 g/mol. The SMILES string of the molecule is C=CC(=O)NC1CCCC1CC(=O)c1ccc2cc3n(c2c1)CCNC3=O. The van der Waals surface area contributed by atoms with Gasteiger partial charge in [-0.2, -0.15) is 0 Å². The van der Waals surface area contributed by atoms with Crippen LogP contribution in [0.3, 0.4) is 0 Å². The molecule has 0 radical (unpaired) electrons. The van der Waals surface area contributed by atoms with Crippen LogP contribution in [0.1, 0.15) is 46.5 Å². The molecule has 2 atom stereocenters. The molecule has 2 aromatic rings. The van der Waals surface area contributed by atoms with Crippen LogP contribution in [-0.2, 0) is 11.3 Å². The van der Waals surface area contributed by atoms with Crippen molar-refractivity contribution in [2.24, 2.45) is 5.92 Å². The van der Waals surface area contributed by atoms with Crippen LogP contribution in [0.15, 0.2) is 36.9 Å². The Kier molecular flexibility index (Phi) is 4.56. The first-order chi connectivity index (χ1) is 13.1. The first-order valence-corrected chi connectivity index (χ1v) is 9.44. The molecule has 4 rings (SSSR count). The number of nitrogens with zero attached hydrogens (tertiary/aromatic N) is 1. The molecule has 6 heteroatoms. The smallest absolute Gasteiger partial charge is 0.268 e. The lowest BCUT2D eigenvalue weighted by molar-refractivity contribution is -0.117. The van der Waals surface area contributed by atoms with Crippen molar-refractivity contribution < 1.29 is 14.4 Å². The van der Waals surface area contributed by atoms with E-state index in [9.17, 15) is 14.4 Å². The summed E-state index contributed by atoms with van der Waals surface area (Å²) in [7, 11) is 0. The minimum absolute atomic E-state index is 0.0351. The van der Waals surface area contributed by atoms with Crippen molar-refractivity contribution >= 4 is 28.5 Å². The lowest BCUT2D eigenvalue weighted by Crippen LogP contribution is -2.37. The number of rotatable bonds is 5.